The topological polar surface area (TPSA) is 78.4 Å². The van der Waals surface area contributed by atoms with E-state index in [0.29, 0.717) is 19.0 Å². The molecule has 7 nitrogen and oxygen atoms in total. The van der Waals surface area contributed by atoms with Crippen LogP contribution in [0.1, 0.15) is 20.8 Å². The standard InChI is InChI=1S/C22H38N4O3S.HI/c1-5-23-21(25-16-22(3,27)17-26-10-12-29-13-11-26)24-14-18(2)15-30-20-9-7-6-8-19(20)28-4;/h6-9,18,27H,5,10-17H2,1-4H3,(H2,23,24,25);1H. The molecule has 1 fully saturated rings. The molecule has 31 heavy (non-hydrogen) atoms. The number of methoxy groups -OCH3 is 1. The fourth-order valence-corrected chi connectivity index (χ4v) is 4.23. The van der Waals surface area contributed by atoms with Crippen LogP contribution in [0.4, 0.5) is 0 Å². The lowest BCUT2D eigenvalue weighted by atomic mass is 10.1. The number of halogens is 1. The Balaban J connectivity index is 0.00000480. The molecule has 0 saturated carbocycles. The fraction of sp³-hybridized carbons (Fsp3) is 0.682. The van der Waals surface area contributed by atoms with Crippen LogP contribution in [0.3, 0.4) is 0 Å². The summed E-state index contributed by atoms with van der Waals surface area (Å²) in [5.41, 5.74) is -0.870. The second kappa shape index (κ2) is 15.2. The Hall–Kier alpha value is -0.750. The zero-order chi connectivity index (χ0) is 21.8. The van der Waals surface area contributed by atoms with Crippen molar-refractivity contribution in [2.24, 2.45) is 10.9 Å². The van der Waals surface area contributed by atoms with Gasteiger partial charge in [-0.05, 0) is 31.9 Å². The average molecular weight is 567 g/mol. The molecule has 9 heteroatoms. The van der Waals surface area contributed by atoms with Crippen molar-refractivity contribution >= 4 is 41.7 Å². The van der Waals surface area contributed by atoms with E-state index in [1.807, 2.05) is 32.0 Å². The van der Waals surface area contributed by atoms with E-state index in [-0.39, 0.29) is 24.0 Å². The van der Waals surface area contributed by atoms with Gasteiger partial charge in [0, 0.05) is 43.4 Å². The number of nitrogens with one attached hydrogen (secondary N) is 2. The van der Waals surface area contributed by atoms with Gasteiger partial charge in [-0.3, -0.25) is 9.89 Å². The summed E-state index contributed by atoms with van der Waals surface area (Å²) >= 11 is 1.80. The van der Waals surface area contributed by atoms with Gasteiger partial charge in [0.25, 0.3) is 0 Å². The van der Waals surface area contributed by atoms with Crippen LogP contribution in [0.2, 0.25) is 0 Å². The van der Waals surface area contributed by atoms with Crippen LogP contribution in [0.15, 0.2) is 34.2 Å². The number of para-hydroxylation sites is 1. The molecule has 0 aromatic heterocycles. The predicted molar refractivity (Wildman–Crippen MR) is 140 cm³/mol. The van der Waals surface area contributed by atoms with Crippen molar-refractivity contribution in [1.82, 2.24) is 15.5 Å². The third-order valence-corrected chi connectivity index (χ3v) is 6.18. The molecule has 3 N–H and O–H groups in total. The minimum Gasteiger partial charge on any atom is -0.496 e. The van der Waals surface area contributed by atoms with Gasteiger partial charge in [0.2, 0.25) is 0 Å². The van der Waals surface area contributed by atoms with Crippen LogP contribution in [0.5, 0.6) is 5.75 Å². The van der Waals surface area contributed by atoms with Crippen LogP contribution in [-0.4, -0.2) is 86.9 Å². The SMILES string of the molecule is CCNC(=NCC(C)(O)CN1CCOCC1)NCC(C)CSc1ccccc1OC.I. The summed E-state index contributed by atoms with van der Waals surface area (Å²) in [6.45, 7) is 11.8. The summed E-state index contributed by atoms with van der Waals surface area (Å²) < 4.78 is 10.8. The summed E-state index contributed by atoms with van der Waals surface area (Å²) in [4.78, 5) is 8.02. The van der Waals surface area contributed by atoms with E-state index in [2.05, 4.69) is 33.5 Å². The van der Waals surface area contributed by atoms with E-state index in [4.69, 9.17) is 9.47 Å². The maximum atomic E-state index is 10.8. The van der Waals surface area contributed by atoms with Crippen LogP contribution >= 0.6 is 35.7 Å². The van der Waals surface area contributed by atoms with Gasteiger partial charge in [-0.15, -0.1) is 35.7 Å². The number of aliphatic imine (C=N–C) groups is 1. The molecular weight excluding hydrogens is 527 g/mol. The minimum atomic E-state index is -0.870. The van der Waals surface area contributed by atoms with E-state index >= 15 is 0 Å². The summed E-state index contributed by atoms with van der Waals surface area (Å²) in [7, 11) is 1.71. The Morgan fingerprint density at radius 3 is 2.71 bits per heavy atom. The van der Waals surface area contributed by atoms with Gasteiger partial charge >= 0.3 is 0 Å². The monoisotopic (exact) mass is 566 g/mol. The van der Waals surface area contributed by atoms with Gasteiger partial charge in [0.1, 0.15) is 5.75 Å². The summed E-state index contributed by atoms with van der Waals surface area (Å²) in [6.07, 6.45) is 0. The highest BCUT2D eigenvalue weighted by Gasteiger charge is 2.25. The van der Waals surface area contributed by atoms with E-state index < -0.39 is 5.60 Å². The molecule has 1 aliphatic rings. The molecule has 0 spiro atoms. The first-order valence-electron chi connectivity index (χ1n) is 10.7. The number of morpholine rings is 1. The Bertz CT molecular complexity index is 657. The van der Waals surface area contributed by atoms with Crippen molar-refractivity contribution in [2.75, 3.05) is 65.3 Å². The zero-order valence-corrected chi connectivity index (χ0v) is 22.4. The Kier molecular flexibility index (Phi) is 13.8. The van der Waals surface area contributed by atoms with Gasteiger partial charge in [-0.1, -0.05) is 19.1 Å². The number of guanidine groups is 1. The number of rotatable bonds is 11. The van der Waals surface area contributed by atoms with Crippen molar-refractivity contribution in [3.8, 4) is 5.75 Å². The second-order valence-corrected chi connectivity index (χ2v) is 9.09. The Labute approximate surface area is 208 Å². The number of hydrogen-bond acceptors (Lipinski definition) is 6. The van der Waals surface area contributed by atoms with Crippen LogP contribution in [-0.2, 0) is 4.74 Å². The van der Waals surface area contributed by atoms with Crippen molar-refractivity contribution in [2.45, 2.75) is 31.3 Å². The molecule has 0 amide bonds. The zero-order valence-electron chi connectivity index (χ0n) is 19.2. The molecule has 1 aromatic rings. The lowest BCUT2D eigenvalue weighted by Gasteiger charge is -2.33. The maximum Gasteiger partial charge on any atom is 0.191 e. The summed E-state index contributed by atoms with van der Waals surface area (Å²) in [5.74, 6) is 3.08. The van der Waals surface area contributed by atoms with Crippen molar-refractivity contribution in [3.05, 3.63) is 24.3 Å². The molecule has 1 saturated heterocycles. The van der Waals surface area contributed by atoms with E-state index in [9.17, 15) is 5.11 Å². The molecule has 0 bridgehead atoms. The first-order chi connectivity index (χ1) is 14.4. The molecule has 0 aliphatic carbocycles. The Morgan fingerprint density at radius 2 is 2.03 bits per heavy atom. The van der Waals surface area contributed by atoms with Crippen molar-refractivity contribution in [1.29, 1.82) is 0 Å². The molecule has 2 atom stereocenters. The highest BCUT2D eigenvalue weighted by atomic mass is 127. The number of hydrogen-bond donors (Lipinski definition) is 3. The lowest BCUT2D eigenvalue weighted by Crippen LogP contribution is -2.48. The van der Waals surface area contributed by atoms with Crippen LogP contribution < -0.4 is 15.4 Å². The van der Waals surface area contributed by atoms with Gasteiger partial charge in [-0.25, -0.2) is 0 Å². The highest BCUT2D eigenvalue weighted by Crippen LogP contribution is 2.29. The van der Waals surface area contributed by atoms with Crippen LogP contribution in [0, 0.1) is 5.92 Å². The first kappa shape index (κ1) is 28.3. The predicted octanol–water partition coefficient (Wildman–Crippen LogP) is 2.68. The molecule has 0 radical (unpaired) electrons. The Morgan fingerprint density at radius 1 is 1.32 bits per heavy atom. The molecular formula is C22H39IN4O3S. The quantitative estimate of drug-likeness (QED) is 0.165. The third-order valence-electron chi connectivity index (χ3n) is 4.80. The third kappa shape index (κ3) is 11.1. The van der Waals surface area contributed by atoms with Gasteiger partial charge in [0.05, 0.1) is 32.5 Å². The normalized spacial score (nSPS) is 17.9. The number of ether oxygens (including phenoxy) is 2. The lowest BCUT2D eigenvalue weighted by molar-refractivity contribution is -0.0179. The van der Waals surface area contributed by atoms with Gasteiger partial charge in [0.15, 0.2) is 5.96 Å². The number of benzene rings is 1. The maximum absolute atomic E-state index is 10.8. The van der Waals surface area contributed by atoms with E-state index in [1.54, 1.807) is 18.9 Å². The molecule has 1 aliphatic heterocycles. The van der Waals surface area contributed by atoms with Crippen LogP contribution in [0.25, 0.3) is 0 Å². The first-order valence-corrected chi connectivity index (χ1v) is 11.7. The molecule has 2 rings (SSSR count). The minimum absolute atomic E-state index is 0. The summed E-state index contributed by atoms with van der Waals surface area (Å²) in [5, 5.41) is 17.4. The van der Waals surface area contributed by atoms with E-state index in [0.717, 1.165) is 61.8 Å². The molecule has 178 valence electrons. The molecule has 1 aromatic carbocycles. The van der Waals surface area contributed by atoms with Gasteiger partial charge in [-0.2, -0.15) is 0 Å². The summed E-state index contributed by atoms with van der Waals surface area (Å²) in [6, 6.07) is 8.10. The molecule has 2 unspecified atom stereocenters. The number of aliphatic hydroxyl groups is 1. The van der Waals surface area contributed by atoms with Crippen molar-refractivity contribution in [3.63, 3.8) is 0 Å². The smallest absolute Gasteiger partial charge is 0.191 e. The highest BCUT2D eigenvalue weighted by molar-refractivity contribution is 14.0. The van der Waals surface area contributed by atoms with Gasteiger partial charge < -0.3 is 25.2 Å². The fourth-order valence-electron chi connectivity index (χ4n) is 3.18. The molecule has 1 heterocycles. The van der Waals surface area contributed by atoms with Crippen molar-refractivity contribution < 1.29 is 14.6 Å². The van der Waals surface area contributed by atoms with E-state index in [1.165, 1.54) is 0 Å². The average Bonchev–Trinajstić information content (AvgIpc) is 2.74. The number of β-amino-alcohol motifs (C(OH)–C–C–N with tert-alkyl or cyclic N) is 1. The largest absolute Gasteiger partial charge is 0.496 e. The second-order valence-electron chi connectivity index (χ2n) is 8.03. The number of nitrogens with zero attached hydrogens (tertiary/aromatic N) is 2. The number of thioether (sulfide) groups is 1.